The maximum atomic E-state index is 12.5. The fraction of sp³-hybridized carbons (Fsp3) is 0.444. The Balaban J connectivity index is 2.99. The zero-order valence-electron chi connectivity index (χ0n) is 15.7. The zero-order valence-corrected chi connectivity index (χ0v) is 16.5. The van der Waals surface area contributed by atoms with Crippen molar-refractivity contribution in [2.75, 3.05) is 6.26 Å². The number of carbonyl (C=O) groups excluding carboxylic acids is 2. The van der Waals surface area contributed by atoms with E-state index in [1.165, 1.54) is 0 Å². The Hall–Kier alpha value is -2.23. The van der Waals surface area contributed by atoms with E-state index in [1.54, 1.807) is 11.6 Å². The van der Waals surface area contributed by atoms with Crippen molar-refractivity contribution in [3.63, 3.8) is 0 Å². The predicted octanol–water partition coefficient (Wildman–Crippen LogP) is 1.45. The highest BCUT2D eigenvalue weighted by atomic mass is 32.2. The number of nitrogens with one attached hydrogen (secondary N) is 3. The van der Waals surface area contributed by atoms with E-state index >= 15 is 0 Å². The highest BCUT2D eigenvalue weighted by molar-refractivity contribution is 7.88. The molecule has 8 nitrogen and oxygen atoms in total. The summed E-state index contributed by atoms with van der Waals surface area (Å²) in [6.45, 7) is 3.77. The molecule has 0 aliphatic carbocycles. The Bertz CT molecular complexity index is 748. The smallest absolute Gasteiger partial charge is 0.247 e. The molecule has 0 heterocycles. The van der Waals surface area contributed by atoms with Crippen LogP contribution in [0.1, 0.15) is 32.3 Å². The normalized spacial score (nSPS) is 14.1. The Kier molecular flexibility index (Phi) is 9.13. The van der Waals surface area contributed by atoms with Gasteiger partial charge in [-0.15, -0.1) is 4.83 Å². The number of hydrazine groups is 1. The summed E-state index contributed by atoms with van der Waals surface area (Å²) in [5.41, 5.74) is 4.67. The van der Waals surface area contributed by atoms with Gasteiger partial charge in [0.25, 0.3) is 0 Å². The van der Waals surface area contributed by atoms with Crippen LogP contribution in [0.2, 0.25) is 0 Å². The molecule has 0 bridgehead atoms. The van der Waals surface area contributed by atoms with Crippen molar-refractivity contribution < 1.29 is 23.2 Å². The van der Waals surface area contributed by atoms with Gasteiger partial charge in [-0.1, -0.05) is 56.3 Å². The summed E-state index contributed by atoms with van der Waals surface area (Å²) in [6, 6.07) is 9.43. The van der Waals surface area contributed by atoms with Crippen LogP contribution in [-0.4, -0.2) is 31.7 Å². The highest BCUT2D eigenvalue weighted by Crippen LogP contribution is 2.25. The van der Waals surface area contributed by atoms with E-state index in [-0.39, 0.29) is 12.3 Å². The fourth-order valence-corrected chi connectivity index (χ4v) is 2.94. The number of allylic oxidation sites excluding steroid dienone is 1. The first-order chi connectivity index (χ1) is 12.6. The molecule has 27 heavy (non-hydrogen) atoms. The van der Waals surface area contributed by atoms with Crippen LogP contribution in [0.5, 0.6) is 0 Å². The molecule has 150 valence electrons. The van der Waals surface area contributed by atoms with Crippen LogP contribution >= 0.6 is 0 Å². The first kappa shape index (κ1) is 22.8. The fourth-order valence-electron chi connectivity index (χ4n) is 2.65. The van der Waals surface area contributed by atoms with Gasteiger partial charge in [0.15, 0.2) is 0 Å². The number of carbonyl (C=O) groups is 2. The molecule has 0 aliphatic rings. The van der Waals surface area contributed by atoms with E-state index in [4.69, 9.17) is 5.21 Å². The van der Waals surface area contributed by atoms with Crippen molar-refractivity contribution in [3.05, 3.63) is 42.0 Å². The van der Waals surface area contributed by atoms with Gasteiger partial charge in [0.2, 0.25) is 21.8 Å². The molecule has 0 radical (unpaired) electrons. The van der Waals surface area contributed by atoms with Gasteiger partial charge in [-0.25, -0.2) is 13.9 Å². The van der Waals surface area contributed by atoms with Crippen LogP contribution in [0.25, 0.3) is 6.08 Å². The van der Waals surface area contributed by atoms with Gasteiger partial charge in [0.1, 0.15) is 0 Å². The molecule has 0 aliphatic heterocycles. The summed E-state index contributed by atoms with van der Waals surface area (Å²) in [7, 11) is -3.63. The van der Waals surface area contributed by atoms with Crippen LogP contribution in [0, 0.1) is 17.8 Å². The van der Waals surface area contributed by atoms with E-state index in [0.717, 1.165) is 11.8 Å². The van der Waals surface area contributed by atoms with Crippen LogP contribution in [0.4, 0.5) is 0 Å². The number of benzene rings is 1. The minimum Gasteiger partial charge on any atom is -0.289 e. The first-order valence-electron chi connectivity index (χ1n) is 8.56. The van der Waals surface area contributed by atoms with Crippen LogP contribution in [-0.2, 0) is 19.6 Å². The molecule has 9 heteroatoms. The molecule has 2 amide bonds. The third-order valence-corrected chi connectivity index (χ3v) is 4.33. The molecule has 0 spiro atoms. The second kappa shape index (κ2) is 10.8. The molecule has 0 saturated heterocycles. The van der Waals surface area contributed by atoms with Crippen molar-refractivity contribution in [3.8, 4) is 0 Å². The first-order valence-corrected chi connectivity index (χ1v) is 10.5. The predicted molar refractivity (Wildman–Crippen MR) is 103 cm³/mol. The van der Waals surface area contributed by atoms with E-state index < -0.39 is 33.7 Å². The van der Waals surface area contributed by atoms with Gasteiger partial charge in [0, 0.05) is 0 Å². The lowest BCUT2D eigenvalue weighted by atomic mass is 9.82. The number of sulfonamides is 1. The van der Waals surface area contributed by atoms with Crippen molar-refractivity contribution in [2.24, 2.45) is 17.8 Å². The zero-order chi connectivity index (χ0) is 20.4. The maximum Gasteiger partial charge on any atom is 0.247 e. The number of hydroxylamine groups is 1. The van der Waals surface area contributed by atoms with Crippen molar-refractivity contribution >= 4 is 27.9 Å². The SMILES string of the molecule is CC(C)C[C@H](C(=O)NNS(C)(=O)=O)[C@H](CC=Cc1ccccc1)C(=O)NO. The number of hydrogen-bond acceptors (Lipinski definition) is 5. The van der Waals surface area contributed by atoms with Crippen LogP contribution in [0.3, 0.4) is 0 Å². The lowest BCUT2D eigenvalue weighted by Crippen LogP contribution is -2.48. The molecule has 0 unspecified atom stereocenters. The Morgan fingerprint density at radius 2 is 1.74 bits per heavy atom. The Morgan fingerprint density at radius 3 is 2.26 bits per heavy atom. The summed E-state index contributed by atoms with van der Waals surface area (Å²) in [4.78, 5) is 26.6. The lowest BCUT2D eigenvalue weighted by Gasteiger charge is -2.25. The van der Waals surface area contributed by atoms with E-state index in [2.05, 4.69) is 5.43 Å². The summed E-state index contributed by atoms with van der Waals surface area (Å²) >= 11 is 0. The molecule has 1 aromatic rings. The molecular weight excluding hydrogens is 370 g/mol. The summed E-state index contributed by atoms with van der Waals surface area (Å²) in [5.74, 6) is -2.94. The summed E-state index contributed by atoms with van der Waals surface area (Å²) in [5, 5.41) is 9.08. The van der Waals surface area contributed by atoms with Crippen LogP contribution < -0.4 is 15.7 Å². The minimum atomic E-state index is -3.63. The van der Waals surface area contributed by atoms with Gasteiger partial charge in [-0.3, -0.25) is 20.2 Å². The molecular formula is C18H27N3O5S. The third kappa shape index (κ3) is 8.80. The minimum absolute atomic E-state index is 0.0751. The average Bonchev–Trinajstić information content (AvgIpc) is 2.61. The quantitative estimate of drug-likeness (QED) is 0.351. The van der Waals surface area contributed by atoms with E-state index in [9.17, 15) is 18.0 Å². The molecule has 1 rings (SSSR count). The monoisotopic (exact) mass is 397 g/mol. The average molecular weight is 397 g/mol. The molecule has 1 aromatic carbocycles. The van der Waals surface area contributed by atoms with Gasteiger partial charge in [-0.2, -0.15) is 0 Å². The molecule has 0 saturated carbocycles. The maximum absolute atomic E-state index is 12.5. The topological polar surface area (TPSA) is 125 Å². The largest absolute Gasteiger partial charge is 0.289 e. The number of hydrogen-bond donors (Lipinski definition) is 4. The van der Waals surface area contributed by atoms with Crippen molar-refractivity contribution in [2.45, 2.75) is 26.7 Å². The summed E-state index contributed by atoms with van der Waals surface area (Å²) in [6.07, 6.45) is 5.02. The lowest BCUT2D eigenvalue weighted by molar-refractivity contribution is -0.140. The highest BCUT2D eigenvalue weighted by Gasteiger charge is 2.33. The number of amides is 2. The summed E-state index contributed by atoms with van der Waals surface area (Å²) < 4.78 is 22.4. The van der Waals surface area contributed by atoms with Crippen LogP contribution in [0.15, 0.2) is 36.4 Å². The molecule has 4 N–H and O–H groups in total. The second-order valence-corrected chi connectivity index (χ2v) is 8.48. The Labute approximate surface area is 160 Å². The number of rotatable bonds is 10. The standard InChI is InChI=1S/C18H27N3O5S/c1-13(2)12-16(17(22)19-21-27(3,25)26)15(18(23)20-24)11-7-10-14-8-5-4-6-9-14/h4-10,13,15-16,21,24H,11-12H2,1-3H3,(H,19,22)(H,20,23)/t15-,16-/m0/s1. The van der Waals surface area contributed by atoms with Crippen molar-refractivity contribution in [1.82, 2.24) is 15.7 Å². The molecule has 0 fully saturated rings. The Morgan fingerprint density at radius 1 is 1.11 bits per heavy atom. The van der Waals surface area contributed by atoms with Gasteiger partial charge in [-0.05, 0) is 24.3 Å². The van der Waals surface area contributed by atoms with Gasteiger partial charge in [0.05, 0.1) is 18.1 Å². The van der Waals surface area contributed by atoms with E-state index in [1.807, 2.05) is 55.1 Å². The van der Waals surface area contributed by atoms with E-state index in [0.29, 0.717) is 6.42 Å². The third-order valence-electron chi connectivity index (χ3n) is 3.85. The van der Waals surface area contributed by atoms with Gasteiger partial charge < -0.3 is 0 Å². The van der Waals surface area contributed by atoms with Gasteiger partial charge >= 0.3 is 0 Å². The molecule has 2 atom stereocenters. The second-order valence-electron chi connectivity index (χ2n) is 6.73. The van der Waals surface area contributed by atoms with Crippen molar-refractivity contribution in [1.29, 1.82) is 0 Å². The molecule has 0 aromatic heterocycles.